The van der Waals surface area contributed by atoms with E-state index < -0.39 is 0 Å². The number of amides is 1. The summed E-state index contributed by atoms with van der Waals surface area (Å²) in [6.45, 7) is 10.9. The Morgan fingerprint density at radius 3 is 2.45 bits per heavy atom. The Kier molecular flexibility index (Phi) is 7.55. The summed E-state index contributed by atoms with van der Waals surface area (Å²) in [5.74, 6) is 0.0244. The van der Waals surface area contributed by atoms with Crippen LogP contribution in [0.4, 0.5) is 0 Å². The second-order valence-corrected chi connectivity index (χ2v) is 5.02. The molecule has 112 valence electrons. The number of carbonyl (C=O) groups excluding carboxylic acids is 1. The van der Waals surface area contributed by atoms with Crippen LogP contribution >= 0.6 is 11.6 Å². The Labute approximate surface area is 126 Å². The Hall–Kier alpha value is -1.13. The zero-order valence-electron chi connectivity index (χ0n) is 12.6. The van der Waals surface area contributed by atoms with Gasteiger partial charge in [-0.05, 0) is 45.1 Å². The second-order valence-electron chi connectivity index (χ2n) is 4.63. The zero-order chi connectivity index (χ0) is 15.0. The number of hydrogen-bond acceptors (Lipinski definition) is 3. The fourth-order valence-electron chi connectivity index (χ4n) is 2.15. The first kappa shape index (κ1) is 16.9. The summed E-state index contributed by atoms with van der Waals surface area (Å²) in [7, 11) is 0. The third-order valence-corrected chi connectivity index (χ3v) is 3.65. The van der Waals surface area contributed by atoms with Gasteiger partial charge in [-0.2, -0.15) is 0 Å². The highest BCUT2D eigenvalue weighted by Gasteiger charge is 2.14. The van der Waals surface area contributed by atoms with Crippen LogP contribution in [0, 0.1) is 0 Å². The van der Waals surface area contributed by atoms with Crippen molar-refractivity contribution in [3.05, 3.63) is 29.0 Å². The lowest BCUT2D eigenvalue weighted by Crippen LogP contribution is -2.34. The van der Waals surface area contributed by atoms with Crippen LogP contribution in [0.1, 0.15) is 37.6 Å². The lowest BCUT2D eigenvalue weighted by atomic mass is 10.2. The summed E-state index contributed by atoms with van der Waals surface area (Å²) in [4.78, 5) is 20.5. The smallest absolute Gasteiger partial charge is 0.254 e. The molecule has 0 unspecified atom stereocenters. The van der Waals surface area contributed by atoms with Gasteiger partial charge in [-0.1, -0.05) is 25.4 Å². The van der Waals surface area contributed by atoms with Gasteiger partial charge in [0.1, 0.15) is 5.15 Å². The molecule has 0 radical (unpaired) electrons. The zero-order valence-corrected chi connectivity index (χ0v) is 13.4. The summed E-state index contributed by atoms with van der Waals surface area (Å²) in [6.07, 6.45) is 2.55. The van der Waals surface area contributed by atoms with Crippen LogP contribution in [0.5, 0.6) is 0 Å². The molecule has 1 aromatic heterocycles. The van der Waals surface area contributed by atoms with Gasteiger partial charge in [0, 0.05) is 24.8 Å². The van der Waals surface area contributed by atoms with E-state index >= 15 is 0 Å². The van der Waals surface area contributed by atoms with Gasteiger partial charge < -0.3 is 9.80 Å². The molecule has 0 bridgehead atoms. The standard InChI is InChI=1S/C15H24ClN3O/c1-4-18(5-2)10-7-11-19(6-3)15(20)13-8-9-17-14(16)12-13/h8-9,12H,4-7,10-11H2,1-3H3. The molecule has 0 N–H and O–H groups in total. The molecule has 0 aliphatic rings. The largest absolute Gasteiger partial charge is 0.339 e. The summed E-state index contributed by atoms with van der Waals surface area (Å²) in [6, 6.07) is 3.33. The molecule has 0 saturated carbocycles. The van der Waals surface area contributed by atoms with Crippen molar-refractivity contribution in [1.82, 2.24) is 14.8 Å². The molecule has 1 rings (SSSR count). The molecule has 0 aliphatic carbocycles. The van der Waals surface area contributed by atoms with Crippen LogP contribution < -0.4 is 0 Å². The van der Waals surface area contributed by atoms with E-state index in [0.29, 0.717) is 17.3 Å². The number of pyridine rings is 1. The third-order valence-electron chi connectivity index (χ3n) is 3.44. The first-order valence-electron chi connectivity index (χ1n) is 7.25. The molecule has 0 aromatic carbocycles. The molecular formula is C15H24ClN3O. The van der Waals surface area contributed by atoms with Crippen molar-refractivity contribution in [3.8, 4) is 0 Å². The first-order chi connectivity index (χ1) is 9.62. The van der Waals surface area contributed by atoms with Crippen LogP contribution in [-0.2, 0) is 0 Å². The van der Waals surface area contributed by atoms with Crippen LogP contribution in [0.2, 0.25) is 5.15 Å². The van der Waals surface area contributed by atoms with Crippen LogP contribution in [-0.4, -0.2) is 53.4 Å². The number of hydrogen-bond donors (Lipinski definition) is 0. The molecule has 4 nitrogen and oxygen atoms in total. The first-order valence-corrected chi connectivity index (χ1v) is 7.63. The number of halogens is 1. The van der Waals surface area contributed by atoms with Crippen LogP contribution in [0.25, 0.3) is 0 Å². The fourth-order valence-corrected chi connectivity index (χ4v) is 2.32. The molecule has 1 amide bonds. The van der Waals surface area contributed by atoms with Crippen molar-refractivity contribution < 1.29 is 4.79 Å². The van der Waals surface area contributed by atoms with Crippen molar-refractivity contribution in [2.24, 2.45) is 0 Å². The quantitative estimate of drug-likeness (QED) is 0.692. The lowest BCUT2D eigenvalue weighted by Gasteiger charge is -2.23. The van der Waals surface area contributed by atoms with E-state index in [2.05, 4.69) is 23.7 Å². The minimum Gasteiger partial charge on any atom is -0.339 e. The van der Waals surface area contributed by atoms with Gasteiger partial charge >= 0.3 is 0 Å². The SMILES string of the molecule is CCN(CC)CCCN(CC)C(=O)c1ccnc(Cl)c1. The molecule has 1 aromatic rings. The minimum atomic E-state index is 0.0244. The maximum atomic E-state index is 12.4. The average Bonchev–Trinajstić information content (AvgIpc) is 2.47. The van der Waals surface area contributed by atoms with E-state index in [1.165, 1.54) is 0 Å². The van der Waals surface area contributed by atoms with Gasteiger partial charge in [-0.15, -0.1) is 0 Å². The summed E-state index contributed by atoms with van der Waals surface area (Å²) < 4.78 is 0. The van der Waals surface area contributed by atoms with Gasteiger partial charge in [0.05, 0.1) is 0 Å². The van der Waals surface area contributed by atoms with Crippen molar-refractivity contribution in [2.75, 3.05) is 32.7 Å². The van der Waals surface area contributed by atoms with Crippen molar-refractivity contribution in [3.63, 3.8) is 0 Å². The highest BCUT2D eigenvalue weighted by Crippen LogP contribution is 2.10. The molecule has 20 heavy (non-hydrogen) atoms. The van der Waals surface area contributed by atoms with Gasteiger partial charge in [0.2, 0.25) is 0 Å². The molecule has 1 heterocycles. The van der Waals surface area contributed by atoms with Gasteiger partial charge in [-0.3, -0.25) is 4.79 Å². The number of rotatable bonds is 8. The lowest BCUT2D eigenvalue weighted by molar-refractivity contribution is 0.0757. The predicted molar refractivity (Wildman–Crippen MR) is 83.2 cm³/mol. The Morgan fingerprint density at radius 2 is 1.90 bits per heavy atom. The van der Waals surface area contributed by atoms with Crippen LogP contribution in [0.15, 0.2) is 18.3 Å². The van der Waals surface area contributed by atoms with Crippen LogP contribution in [0.3, 0.4) is 0 Å². The predicted octanol–water partition coefficient (Wildman–Crippen LogP) is 2.93. The Morgan fingerprint density at radius 1 is 1.20 bits per heavy atom. The average molecular weight is 298 g/mol. The number of nitrogens with zero attached hydrogens (tertiary/aromatic N) is 3. The molecular weight excluding hydrogens is 274 g/mol. The molecule has 5 heteroatoms. The van der Waals surface area contributed by atoms with Gasteiger partial charge in [0.25, 0.3) is 5.91 Å². The molecule has 0 saturated heterocycles. The van der Waals surface area contributed by atoms with Gasteiger partial charge in [-0.25, -0.2) is 4.98 Å². The van der Waals surface area contributed by atoms with E-state index in [0.717, 1.165) is 32.6 Å². The fraction of sp³-hybridized carbons (Fsp3) is 0.600. The van der Waals surface area contributed by atoms with Crippen molar-refractivity contribution >= 4 is 17.5 Å². The molecule has 0 fully saturated rings. The molecule has 0 spiro atoms. The third kappa shape index (κ3) is 5.10. The van der Waals surface area contributed by atoms with E-state index in [4.69, 9.17) is 11.6 Å². The molecule has 0 aliphatic heterocycles. The van der Waals surface area contributed by atoms with Gasteiger partial charge in [0.15, 0.2) is 0 Å². The summed E-state index contributed by atoms with van der Waals surface area (Å²) in [5.41, 5.74) is 0.606. The Bertz CT molecular complexity index is 421. The normalized spacial score (nSPS) is 10.8. The maximum absolute atomic E-state index is 12.4. The van der Waals surface area contributed by atoms with E-state index in [1.807, 2.05) is 11.8 Å². The summed E-state index contributed by atoms with van der Waals surface area (Å²) in [5, 5.41) is 0.357. The van der Waals surface area contributed by atoms with E-state index in [9.17, 15) is 4.79 Å². The number of carbonyl (C=O) groups is 1. The highest BCUT2D eigenvalue weighted by molar-refractivity contribution is 6.29. The van der Waals surface area contributed by atoms with E-state index in [-0.39, 0.29) is 5.91 Å². The summed E-state index contributed by atoms with van der Waals surface area (Å²) >= 11 is 5.83. The number of aromatic nitrogens is 1. The maximum Gasteiger partial charge on any atom is 0.254 e. The van der Waals surface area contributed by atoms with Crippen molar-refractivity contribution in [1.29, 1.82) is 0 Å². The molecule has 0 atom stereocenters. The minimum absolute atomic E-state index is 0.0244. The van der Waals surface area contributed by atoms with Crippen molar-refractivity contribution in [2.45, 2.75) is 27.2 Å². The topological polar surface area (TPSA) is 36.4 Å². The second kappa shape index (κ2) is 8.93. The Balaban J connectivity index is 2.55. The van der Waals surface area contributed by atoms with E-state index in [1.54, 1.807) is 18.3 Å². The monoisotopic (exact) mass is 297 g/mol. The highest BCUT2D eigenvalue weighted by atomic mass is 35.5.